The Morgan fingerprint density at radius 3 is 2.24 bits per heavy atom. The van der Waals surface area contributed by atoms with Gasteiger partial charge in [0.1, 0.15) is 6.54 Å². The number of hydrogen-bond acceptors (Lipinski definition) is 3. The van der Waals surface area contributed by atoms with Gasteiger partial charge in [0.2, 0.25) is 11.8 Å². The molecule has 0 aromatic heterocycles. The van der Waals surface area contributed by atoms with Crippen LogP contribution in [0.25, 0.3) is 0 Å². The zero-order chi connectivity index (χ0) is 13.6. The summed E-state index contributed by atoms with van der Waals surface area (Å²) in [6, 6.07) is -0.598. The van der Waals surface area contributed by atoms with Gasteiger partial charge in [-0.1, -0.05) is 0 Å². The summed E-state index contributed by atoms with van der Waals surface area (Å²) in [6.45, 7) is 0.809. The number of alkyl halides is 3. The fraction of sp³-hybridized carbons (Fsp3) is 0.778. The molecule has 100 valence electrons. The average molecular weight is 255 g/mol. The predicted octanol–water partition coefficient (Wildman–Crippen LogP) is -0.139. The second-order valence-corrected chi connectivity index (χ2v) is 3.71. The van der Waals surface area contributed by atoms with Crippen LogP contribution < -0.4 is 11.1 Å². The number of nitrogens with zero attached hydrogens (tertiary/aromatic N) is 1. The van der Waals surface area contributed by atoms with Gasteiger partial charge in [-0.2, -0.15) is 13.2 Å². The number of amides is 2. The molecule has 8 heteroatoms. The van der Waals surface area contributed by atoms with Crippen LogP contribution in [0.15, 0.2) is 0 Å². The molecule has 0 aliphatic heterocycles. The minimum Gasteiger partial charge on any atom is -0.346 e. The van der Waals surface area contributed by atoms with Gasteiger partial charge in [0, 0.05) is 6.04 Å². The van der Waals surface area contributed by atoms with E-state index in [4.69, 9.17) is 5.73 Å². The van der Waals surface area contributed by atoms with E-state index in [1.165, 1.54) is 13.8 Å². The van der Waals surface area contributed by atoms with E-state index in [2.05, 4.69) is 5.32 Å². The molecule has 0 fully saturated rings. The van der Waals surface area contributed by atoms with Crippen molar-refractivity contribution in [2.24, 2.45) is 5.73 Å². The van der Waals surface area contributed by atoms with Gasteiger partial charge in [-0.25, -0.2) is 0 Å². The molecule has 0 atom stereocenters. The molecular weight excluding hydrogens is 239 g/mol. The zero-order valence-electron chi connectivity index (χ0n) is 9.67. The van der Waals surface area contributed by atoms with E-state index in [1.807, 2.05) is 0 Å². The van der Waals surface area contributed by atoms with Gasteiger partial charge in [0.05, 0.1) is 13.1 Å². The lowest BCUT2D eigenvalue weighted by atomic mass is 10.3. The molecule has 0 spiro atoms. The molecule has 0 saturated heterocycles. The minimum absolute atomic E-state index is 0.311. The number of carbonyl (C=O) groups is 2. The standard InChI is InChI=1S/C9H16F3N3O2/c1-6(2)15(5-9(10,11)12)8(17)4-14-7(16)3-13/h6H,3-5,13H2,1-2H3,(H,14,16). The van der Waals surface area contributed by atoms with Crippen molar-refractivity contribution in [1.82, 2.24) is 10.2 Å². The number of rotatable bonds is 5. The molecular formula is C9H16F3N3O2. The van der Waals surface area contributed by atoms with Crippen molar-refractivity contribution in [3.05, 3.63) is 0 Å². The number of halogens is 3. The molecule has 0 bridgehead atoms. The van der Waals surface area contributed by atoms with Crippen molar-refractivity contribution in [2.45, 2.75) is 26.1 Å². The Morgan fingerprint density at radius 2 is 1.88 bits per heavy atom. The Bertz CT molecular complexity index is 279. The third-order valence-corrected chi connectivity index (χ3v) is 1.92. The van der Waals surface area contributed by atoms with Crippen LogP contribution in [0, 0.1) is 0 Å². The van der Waals surface area contributed by atoms with Crippen molar-refractivity contribution < 1.29 is 22.8 Å². The van der Waals surface area contributed by atoms with E-state index in [0.29, 0.717) is 4.90 Å². The first kappa shape index (κ1) is 15.7. The maximum absolute atomic E-state index is 12.2. The number of nitrogens with two attached hydrogens (primary N) is 1. The second-order valence-electron chi connectivity index (χ2n) is 3.71. The predicted molar refractivity (Wildman–Crippen MR) is 55.0 cm³/mol. The normalized spacial score (nSPS) is 11.5. The molecule has 0 aliphatic rings. The summed E-state index contributed by atoms with van der Waals surface area (Å²) >= 11 is 0. The number of nitrogens with one attached hydrogen (secondary N) is 1. The van der Waals surface area contributed by atoms with Crippen LogP contribution in [0.4, 0.5) is 13.2 Å². The highest BCUT2D eigenvalue weighted by Gasteiger charge is 2.34. The van der Waals surface area contributed by atoms with Crippen LogP contribution in [0.3, 0.4) is 0 Å². The monoisotopic (exact) mass is 255 g/mol. The van der Waals surface area contributed by atoms with E-state index in [9.17, 15) is 22.8 Å². The molecule has 0 unspecified atom stereocenters. The fourth-order valence-electron chi connectivity index (χ4n) is 1.10. The Labute approximate surface area is 97.1 Å². The summed E-state index contributed by atoms with van der Waals surface area (Å²) in [7, 11) is 0. The lowest BCUT2D eigenvalue weighted by molar-refractivity contribution is -0.164. The van der Waals surface area contributed by atoms with Crippen LogP contribution in [-0.2, 0) is 9.59 Å². The number of hydrogen-bond donors (Lipinski definition) is 2. The molecule has 0 aromatic carbocycles. The van der Waals surface area contributed by atoms with Crippen molar-refractivity contribution in [1.29, 1.82) is 0 Å². The molecule has 0 rings (SSSR count). The van der Waals surface area contributed by atoms with E-state index >= 15 is 0 Å². The summed E-state index contributed by atoms with van der Waals surface area (Å²) < 4.78 is 36.6. The van der Waals surface area contributed by atoms with Crippen molar-refractivity contribution in [3.63, 3.8) is 0 Å². The molecule has 17 heavy (non-hydrogen) atoms. The molecule has 3 N–H and O–H groups in total. The molecule has 2 amide bonds. The van der Waals surface area contributed by atoms with E-state index in [1.54, 1.807) is 0 Å². The quantitative estimate of drug-likeness (QED) is 0.718. The van der Waals surface area contributed by atoms with Crippen LogP contribution >= 0.6 is 0 Å². The summed E-state index contributed by atoms with van der Waals surface area (Å²) in [5.74, 6) is -1.38. The van der Waals surface area contributed by atoms with Gasteiger partial charge in [0.25, 0.3) is 0 Å². The summed E-state index contributed by atoms with van der Waals surface area (Å²) in [5.41, 5.74) is 4.98. The van der Waals surface area contributed by atoms with Crippen LogP contribution in [-0.4, -0.2) is 48.6 Å². The SMILES string of the molecule is CC(C)N(CC(F)(F)F)C(=O)CNC(=O)CN. The maximum Gasteiger partial charge on any atom is 0.406 e. The first-order chi connectivity index (χ1) is 7.67. The van der Waals surface area contributed by atoms with Gasteiger partial charge in [0.15, 0.2) is 0 Å². The second kappa shape index (κ2) is 6.43. The van der Waals surface area contributed by atoms with Crippen LogP contribution in [0.1, 0.15) is 13.8 Å². The fourth-order valence-corrected chi connectivity index (χ4v) is 1.10. The van der Waals surface area contributed by atoms with Crippen molar-refractivity contribution in [3.8, 4) is 0 Å². The Morgan fingerprint density at radius 1 is 1.35 bits per heavy atom. The van der Waals surface area contributed by atoms with Crippen LogP contribution in [0.2, 0.25) is 0 Å². The van der Waals surface area contributed by atoms with Gasteiger partial charge in [-0.3, -0.25) is 9.59 Å². The third kappa shape index (κ3) is 6.77. The third-order valence-electron chi connectivity index (χ3n) is 1.92. The Kier molecular flexibility index (Phi) is 5.94. The molecule has 0 heterocycles. The highest BCUT2D eigenvalue weighted by atomic mass is 19.4. The van der Waals surface area contributed by atoms with E-state index < -0.39 is 37.1 Å². The smallest absolute Gasteiger partial charge is 0.346 e. The van der Waals surface area contributed by atoms with Crippen molar-refractivity contribution >= 4 is 11.8 Å². The lowest BCUT2D eigenvalue weighted by Crippen LogP contribution is -2.48. The molecule has 0 aliphatic carbocycles. The van der Waals surface area contributed by atoms with E-state index in [0.717, 1.165) is 0 Å². The summed E-state index contributed by atoms with van der Waals surface area (Å²) in [6.07, 6.45) is -4.46. The van der Waals surface area contributed by atoms with E-state index in [-0.39, 0.29) is 6.54 Å². The van der Waals surface area contributed by atoms with Gasteiger partial charge in [-0.05, 0) is 13.8 Å². The minimum atomic E-state index is -4.46. The summed E-state index contributed by atoms with van der Waals surface area (Å²) in [4.78, 5) is 22.9. The molecule has 0 saturated carbocycles. The van der Waals surface area contributed by atoms with Crippen LogP contribution in [0.5, 0.6) is 0 Å². The lowest BCUT2D eigenvalue weighted by Gasteiger charge is -2.27. The highest BCUT2D eigenvalue weighted by molar-refractivity contribution is 5.85. The van der Waals surface area contributed by atoms with Gasteiger partial charge in [-0.15, -0.1) is 0 Å². The molecule has 0 aromatic rings. The topological polar surface area (TPSA) is 75.4 Å². The largest absolute Gasteiger partial charge is 0.406 e. The van der Waals surface area contributed by atoms with Gasteiger partial charge < -0.3 is 16.0 Å². The Hall–Kier alpha value is -1.31. The zero-order valence-corrected chi connectivity index (χ0v) is 9.67. The highest BCUT2D eigenvalue weighted by Crippen LogP contribution is 2.17. The maximum atomic E-state index is 12.2. The Balaban J connectivity index is 4.41. The van der Waals surface area contributed by atoms with Gasteiger partial charge >= 0.3 is 6.18 Å². The summed E-state index contributed by atoms with van der Waals surface area (Å²) in [5, 5.41) is 2.13. The average Bonchev–Trinajstić information content (AvgIpc) is 2.20. The number of carbonyl (C=O) groups excluding carboxylic acids is 2. The first-order valence-electron chi connectivity index (χ1n) is 5.00. The molecule has 0 radical (unpaired) electrons. The molecule has 5 nitrogen and oxygen atoms in total. The van der Waals surface area contributed by atoms with Crippen molar-refractivity contribution in [2.75, 3.05) is 19.6 Å². The first-order valence-corrected chi connectivity index (χ1v) is 5.00.